The van der Waals surface area contributed by atoms with Crippen LogP contribution < -0.4 is 16.4 Å². The van der Waals surface area contributed by atoms with Crippen molar-refractivity contribution in [2.75, 3.05) is 16.4 Å². The van der Waals surface area contributed by atoms with Crippen molar-refractivity contribution in [2.45, 2.75) is 6.92 Å². The lowest BCUT2D eigenvalue weighted by molar-refractivity contribution is 0.262. The third-order valence-electron chi connectivity index (χ3n) is 4.31. The molecule has 0 bridgehead atoms. The van der Waals surface area contributed by atoms with E-state index in [1.165, 1.54) is 17.4 Å². The molecule has 4 rings (SSSR count). The van der Waals surface area contributed by atoms with E-state index in [4.69, 9.17) is 5.73 Å². The van der Waals surface area contributed by atoms with Crippen LogP contribution in [0.25, 0.3) is 21.2 Å². The van der Waals surface area contributed by atoms with Gasteiger partial charge in [-0.3, -0.25) is 0 Å². The third-order valence-corrected chi connectivity index (χ3v) is 5.26. The van der Waals surface area contributed by atoms with Gasteiger partial charge in [0.1, 0.15) is 11.6 Å². The van der Waals surface area contributed by atoms with Crippen molar-refractivity contribution < 1.29 is 9.18 Å². The summed E-state index contributed by atoms with van der Waals surface area (Å²) in [5, 5.41) is 7.98. The van der Waals surface area contributed by atoms with E-state index in [1.54, 1.807) is 24.4 Å². The normalized spacial score (nSPS) is 10.8. The third kappa shape index (κ3) is 3.52. The van der Waals surface area contributed by atoms with Crippen LogP contribution in [0.1, 0.15) is 5.56 Å². The summed E-state index contributed by atoms with van der Waals surface area (Å²) >= 11 is 1.48. The fraction of sp³-hybridized carbons (Fsp3) is 0.0476. The number of nitrogens with two attached hydrogens (primary N) is 1. The second-order valence-corrected chi connectivity index (χ2v) is 7.27. The monoisotopic (exact) mass is 392 g/mol. The Morgan fingerprint density at radius 2 is 1.86 bits per heavy atom. The lowest BCUT2D eigenvalue weighted by atomic mass is 10.0. The highest BCUT2D eigenvalue weighted by molar-refractivity contribution is 7.17. The summed E-state index contributed by atoms with van der Waals surface area (Å²) in [7, 11) is 0. The highest BCUT2D eigenvalue weighted by Gasteiger charge is 2.14. The van der Waals surface area contributed by atoms with Crippen LogP contribution in [0.15, 0.2) is 60.1 Å². The van der Waals surface area contributed by atoms with Gasteiger partial charge in [-0.25, -0.2) is 14.2 Å². The summed E-state index contributed by atoms with van der Waals surface area (Å²) < 4.78 is 15.7. The van der Waals surface area contributed by atoms with Gasteiger partial charge in [0.2, 0.25) is 0 Å². The second kappa shape index (κ2) is 7.28. The van der Waals surface area contributed by atoms with Gasteiger partial charge in [-0.2, -0.15) is 0 Å². The van der Waals surface area contributed by atoms with Gasteiger partial charge < -0.3 is 16.4 Å². The molecule has 2 aromatic carbocycles. The summed E-state index contributed by atoms with van der Waals surface area (Å²) in [4.78, 5) is 16.3. The Bertz CT molecular complexity index is 1190. The van der Waals surface area contributed by atoms with E-state index < -0.39 is 11.8 Å². The van der Waals surface area contributed by atoms with Crippen LogP contribution in [0.3, 0.4) is 0 Å². The summed E-state index contributed by atoms with van der Waals surface area (Å²) in [6.07, 6.45) is 1.63. The Balaban J connectivity index is 1.57. The molecule has 5 nitrogen and oxygen atoms in total. The number of aryl methyl sites for hydroxylation is 1. The second-order valence-electron chi connectivity index (χ2n) is 6.36. The predicted molar refractivity (Wildman–Crippen MR) is 113 cm³/mol. The minimum Gasteiger partial charge on any atom is -0.383 e. The zero-order valence-corrected chi connectivity index (χ0v) is 15.8. The lowest BCUT2D eigenvalue weighted by Crippen LogP contribution is -2.19. The fourth-order valence-corrected chi connectivity index (χ4v) is 4.00. The molecule has 0 radical (unpaired) electrons. The Kier molecular flexibility index (Phi) is 4.67. The molecule has 0 spiro atoms. The number of hydrogen-bond acceptors (Lipinski definition) is 4. The molecule has 0 aliphatic rings. The number of anilines is 3. The number of urea groups is 1. The predicted octanol–water partition coefficient (Wildman–Crippen LogP) is 5.64. The number of amides is 2. The van der Waals surface area contributed by atoms with Gasteiger partial charge in [0.25, 0.3) is 0 Å². The standard InChI is InChI=1S/C21H17FN4OS/c1-12-3-2-4-13(9-12)25-21(27)26-14-5-6-15(17(22)10-14)16-11-28-18-7-8-24-20(23)19(16)18/h2-11H,1H3,(H2,23,24)(H2,25,26,27). The lowest BCUT2D eigenvalue weighted by Gasteiger charge is -2.10. The Hall–Kier alpha value is -3.45. The van der Waals surface area contributed by atoms with Crippen LogP contribution in [-0.4, -0.2) is 11.0 Å². The van der Waals surface area contributed by atoms with Crippen LogP contribution in [0, 0.1) is 12.7 Å². The van der Waals surface area contributed by atoms with Gasteiger partial charge in [-0.1, -0.05) is 12.1 Å². The van der Waals surface area contributed by atoms with Gasteiger partial charge >= 0.3 is 6.03 Å². The number of nitrogen functional groups attached to an aromatic ring is 1. The van der Waals surface area contributed by atoms with E-state index in [2.05, 4.69) is 15.6 Å². The smallest absolute Gasteiger partial charge is 0.323 e. The van der Waals surface area contributed by atoms with Gasteiger partial charge in [0.05, 0.1) is 0 Å². The van der Waals surface area contributed by atoms with Gasteiger partial charge in [0, 0.05) is 44.2 Å². The first kappa shape index (κ1) is 17.9. The molecule has 2 aromatic heterocycles. The van der Waals surface area contributed by atoms with Crippen molar-refractivity contribution in [3.05, 3.63) is 71.5 Å². The van der Waals surface area contributed by atoms with E-state index in [9.17, 15) is 9.18 Å². The maximum atomic E-state index is 14.8. The quantitative estimate of drug-likeness (QED) is 0.422. The molecule has 28 heavy (non-hydrogen) atoms. The molecule has 4 N–H and O–H groups in total. The first-order valence-corrected chi connectivity index (χ1v) is 9.45. The van der Waals surface area contributed by atoms with Crippen molar-refractivity contribution in [1.82, 2.24) is 4.98 Å². The highest BCUT2D eigenvalue weighted by atomic mass is 32.1. The molecule has 140 valence electrons. The molecule has 0 aliphatic heterocycles. The van der Waals surface area contributed by atoms with E-state index >= 15 is 0 Å². The number of benzene rings is 2. The number of nitrogens with zero attached hydrogens (tertiary/aromatic N) is 1. The number of aromatic nitrogens is 1. The summed E-state index contributed by atoms with van der Waals surface area (Å²) in [6.45, 7) is 1.94. The van der Waals surface area contributed by atoms with Crippen molar-refractivity contribution >= 4 is 44.6 Å². The average molecular weight is 392 g/mol. The molecule has 2 heterocycles. The summed E-state index contributed by atoms with van der Waals surface area (Å²) in [5.41, 5.74) is 9.14. The number of fused-ring (bicyclic) bond motifs is 1. The van der Waals surface area contributed by atoms with Crippen LogP contribution in [0.2, 0.25) is 0 Å². The largest absolute Gasteiger partial charge is 0.383 e. The average Bonchev–Trinajstić information content (AvgIpc) is 3.07. The number of thiophene rings is 1. The number of hydrogen-bond donors (Lipinski definition) is 3. The molecule has 7 heteroatoms. The molecule has 0 aliphatic carbocycles. The van der Waals surface area contributed by atoms with Crippen LogP contribution in [0.5, 0.6) is 0 Å². The van der Waals surface area contributed by atoms with Crippen molar-refractivity contribution in [3.63, 3.8) is 0 Å². The van der Waals surface area contributed by atoms with Crippen LogP contribution in [-0.2, 0) is 0 Å². The van der Waals surface area contributed by atoms with Gasteiger partial charge in [-0.05, 0) is 48.9 Å². The molecular formula is C21H17FN4OS. The Morgan fingerprint density at radius 1 is 1.07 bits per heavy atom. The molecule has 2 amide bonds. The molecular weight excluding hydrogens is 375 g/mol. The maximum Gasteiger partial charge on any atom is 0.323 e. The molecule has 0 unspecified atom stereocenters. The number of pyridine rings is 1. The Morgan fingerprint density at radius 3 is 2.61 bits per heavy atom. The minimum absolute atomic E-state index is 0.358. The molecule has 0 atom stereocenters. The first-order valence-electron chi connectivity index (χ1n) is 8.57. The number of carbonyl (C=O) groups is 1. The highest BCUT2D eigenvalue weighted by Crippen LogP contribution is 2.38. The van der Waals surface area contributed by atoms with Crippen LogP contribution >= 0.6 is 11.3 Å². The number of nitrogens with one attached hydrogen (secondary N) is 2. The van der Waals surface area contributed by atoms with Crippen molar-refractivity contribution in [1.29, 1.82) is 0 Å². The molecule has 0 saturated carbocycles. The van der Waals surface area contributed by atoms with E-state index in [0.717, 1.165) is 15.6 Å². The minimum atomic E-state index is -0.448. The van der Waals surface area contributed by atoms with Crippen LogP contribution in [0.4, 0.5) is 26.4 Å². The fourth-order valence-electron chi connectivity index (χ4n) is 3.04. The molecule has 0 saturated heterocycles. The number of carbonyl (C=O) groups excluding carboxylic acids is 1. The topological polar surface area (TPSA) is 80.0 Å². The Labute approximate surface area is 165 Å². The zero-order valence-electron chi connectivity index (χ0n) is 15.0. The van der Waals surface area contributed by atoms with Gasteiger partial charge in [-0.15, -0.1) is 11.3 Å². The van der Waals surface area contributed by atoms with Gasteiger partial charge in [0.15, 0.2) is 0 Å². The van der Waals surface area contributed by atoms with Crippen molar-refractivity contribution in [3.8, 4) is 11.1 Å². The molecule has 4 aromatic rings. The summed E-state index contributed by atoms with van der Waals surface area (Å²) in [6, 6.07) is 13.4. The van der Waals surface area contributed by atoms with E-state index in [1.807, 2.05) is 36.6 Å². The SMILES string of the molecule is Cc1cccc(NC(=O)Nc2ccc(-c3csc4ccnc(N)c34)c(F)c2)c1. The first-order chi connectivity index (χ1) is 13.5. The summed E-state index contributed by atoms with van der Waals surface area (Å²) in [5.74, 6) is -0.0795. The number of halogens is 1. The molecule has 0 fully saturated rings. The van der Waals surface area contributed by atoms with Crippen molar-refractivity contribution in [2.24, 2.45) is 0 Å². The number of rotatable bonds is 3. The zero-order chi connectivity index (χ0) is 19.7. The van der Waals surface area contributed by atoms with E-state index in [0.29, 0.717) is 28.3 Å². The maximum absolute atomic E-state index is 14.8. The van der Waals surface area contributed by atoms with E-state index in [-0.39, 0.29) is 0 Å².